The zero-order chi connectivity index (χ0) is 21.3. The largest absolute Gasteiger partial charge is 0.492 e. The van der Waals surface area contributed by atoms with E-state index in [-0.39, 0.29) is 5.82 Å². The molecule has 0 aliphatic carbocycles. The third-order valence-corrected chi connectivity index (χ3v) is 5.17. The second-order valence-electron chi connectivity index (χ2n) is 7.27. The lowest BCUT2D eigenvalue weighted by Crippen LogP contribution is -2.32. The van der Waals surface area contributed by atoms with Crippen LogP contribution in [0.3, 0.4) is 0 Å². The normalized spacial score (nSPS) is 15.5. The molecular formula is C24H28FNO4. The van der Waals surface area contributed by atoms with Gasteiger partial charge in [-0.25, -0.2) is 9.18 Å². The van der Waals surface area contributed by atoms with Crippen molar-refractivity contribution in [1.29, 1.82) is 0 Å². The van der Waals surface area contributed by atoms with Gasteiger partial charge in [0.15, 0.2) is 6.10 Å². The zero-order valence-electron chi connectivity index (χ0n) is 17.2. The number of carboxylic acids is 1. The van der Waals surface area contributed by atoms with E-state index in [4.69, 9.17) is 9.47 Å². The Labute approximate surface area is 176 Å². The van der Waals surface area contributed by atoms with E-state index in [1.165, 1.54) is 17.7 Å². The van der Waals surface area contributed by atoms with Crippen LogP contribution < -0.4 is 4.74 Å². The van der Waals surface area contributed by atoms with Crippen LogP contribution in [0.15, 0.2) is 54.6 Å². The molecule has 1 heterocycles. The van der Waals surface area contributed by atoms with E-state index < -0.39 is 12.1 Å². The Bertz CT molecular complexity index is 849. The van der Waals surface area contributed by atoms with Gasteiger partial charge in [0.2, 0.25) is 0 Å². The van der Waals surface area contributed by atoms with Crippen molar-refractivity contribution in [2.45, 2.75) is 25.9 Å². The minimum absolute atomic E-state index is 0.210. The van der Waals surface area contributed by atoms with Crippen molar-refractivity contribution < 1.29 is 23.8 Å². The lowest BCUT2D eigenvalue weighted by molar-refractivity contribution is -0.149. The molecule has 1 unspecified atom stereocenters. The average molecular weight is 413 g/mol. The first-order valence-electron chi connectivity index (χ1n) is 10.3. The predicted octanol–water partition coefficient (Wildman–Crippen LogP) is 4.03. The van der Waals surface area contributed by atoms with Crippen molar-refractivity contribution in [2.75, 3.05) is 32.8 Å². The minimum atomic E-state index is -0.949. The molecule has 2 aromatic carbocycles. The molecule has 0 spiro atoms. The number of hydrogen-bond donors (Lipinski definition) is 1. The number of nitrogens with zero attached hydrogens (tertiary/aromatic N) is 1. The number of ether oxygens (including phenoxy) is 2. The average Bonchev–Trinajstić information content (AvgIpc) is 2.76. The fourth-order valence-electron chi connectivity index (χ4n) is 3.49. The number of carbonyl (C=O) groups is 1. The van der Waals surface area contributed by atoms with Gasteiger partial charge in [-0.1, -0.05) is 30.3 Å². The summed E-state index contributed by atoms with van der Waals surface area (Å²) >= 11 is 0. The number of benzene rings is 2. The van der Waals surface area contributed by atoms with Gasteiger partial charge in [0.25, 0.3) is 0 Å². The van der Waals surface area contributed by atoms with Gasteiger partial charge in [0.1, 0.15) is 18.2 Å². The van der Waals surface area contributed by atoms with Crippen LogP contribution in [0.2, 0.25) is 0 Å². The maximum absolute atomic E-state index is 13.1. The van der Waals surface area contributed by atoms with E-state index in [0.717, 1.165) is 42.9 Å². The molecule has 0 saturated carbocycles. The molecule has 30 heavy (non-hydrogen) atoms. The van der Waals surface area contributed by atoms with E-state index in [0.29, 0.717) is 19.6 Å². The summed E-state index contributed by atoms with van der Waals surface area (Å²) in [5, 5.41) is 9.18. The number of hydrogen-bond acceptors (Lipinski definition) is 4. The Morgan fingerprint density at radius 3 is 2.50 bits per heavy atom. The quantitative estimate of drug-likeness (QED) is 0.637. The molecule has 0 amide bonds. The summed E-state index contributed by atoms with van der Waals surface area (Å²) in [6, 6.07) is 14.1. The maximum atomic E-state index is 13.1. The van der Waals surface area contributed by atoms with Crippen LogP contribution in [0.5, 0.6) is 5.75 Å². The SMILES string of the molecule is CCOC(Cc1ccc(OCCN2CC=C(c3ccc(F)cc3)CC2)cc1)C(=O)O. The first-order chi connectivity index (χ1) is 14.5. The maximum Gasteiger partial charge on any atom is 0.333 e. The second kappa shape index (κ2) is 10.9. The van der Waals surface area contributed by atoms with Crippen LogP contribution in [-0.2, 0) is 16.0 Å². The Balaban J connectivity index is 1.42. The summed E-state index contributed by atoms with van der Waals surface area (Å²) in [6.07, 6.45) is 2.64. The summed E-state index contributed by atoms with van der Waals surface area (Å²) in [4.78, 5) is 13.5. The van der Waals surface area contributed by atoms with Crippen molar-refractivity contribution >= 4 is 11.5 Å². The van der Waals surface area contributed by atoms with Crippen LogP contribution in [0.25, 0.3) is 5.57 Å². The second-order valence-corrected chi connectivity index (χ2v) is 7.27. The highest BCUT2D eigenvalue weighted by atomic mass is 19.1. The van der Waals surface area contributed by atoms with Gasteiger partial charge in [0, 0.05) is 32.7 Å². The molecule has 3 rings (SSSR count). The van der Waals surface area contributed by atoms with Crippen molar-refractivity contribution in [2.24, 2.45) is 0 Å². The fourth-order valence-corrected chi connectivity index (χ4v) is 3.49. The number of aliphatic carboxylic acids is 1. The standard InChI is InChI=1S/C24H28FNO4/c1-2-29-23(24(27)28)17-18-3-9-22(10-4-18)30-16-15-26-13-11-20(12-14-26)19-5-7-21(25)8-6-19/h3-11,23H,2,12-17H2,1H3,(H,27,28). The Kier molecular flexibility index (Phi) is 7.99. The molecule has 0 radical (unpaired) electrons. The molecule has 5 nitrogen and oxygen atoms in total. The smallest absolute Gasteiger partial charge is 0.333 e. The van der Waals surface area contributed by atoms with Gasteiger partial charge in [-0.3, -0.25) is 4.90 Å². The highest BCUT2D eigenvalue weighted by Gasteiger charge is 2.18. The molecule has 6 heteroatoms. The summed E-state index contributed by atoms with van der Waals surface area (Å²) in [5.41, 5.74) is 3.24. The molecule has 0 saturated heterocycles. The molecule has 1 aliphatic rings. The van der Waals surface area contributed by atoms with Crippen molar-refractivity contribution in [3.8, 4) is 5.75 Å². The Hall–Kier alpha value is -2.70. The third kappa shape index (κ3) is 6.40. The summed E-state index contributed by atoms with van der Waals surface area (Å²) in [5.74, 6) is -0.394. The molecule has 1 atom stereocenters. The van der Waals surface area contributed by atoms with E-state index in [2.05, 4.69) is 11.0 Å². The van der Waals surface area contributed by atoms with Crippen LogP contribution in [0.4, 0.5) is 4.39 Å². The van der Waals surface area contributed by atoms with Crippen molar-refractivity contribution in [3.05, 3.63) is 71.6 Å². The molecule has 0 fully saturated rings. The number of rotatable bonds is 10. The monoisotopic (exact) mass is 413 g/mol. The van der Waals surface area contributed by atoms with Crippen molar-refractivity contribution in [3.63, 3.8) is 0 Å². The van der Waals surface area contributed by atoms with Gasteiger partial charge in [0.05, 0.1) is 0 Å². The molecule has 0 bridgehead atoms. The van der Waals surface area contributed by atoms with E-state index in [1.807, 2.05) is 36.4 Å². The van der Waals surface area contributed by atoms with Gasteiger partial charge in [-0.2, -0.15) is 0 Å². The lowest BCUT2D eigenvalue weighted by Gasteiger charge is -2.26. The van der Waals surface area contributed by atoms with Gasteiger partial charge in [-0.05, 0) is 54.3 Å². The van der Waals surface area contributed by atoms with Crippen LogP contribution in [0.1, 0.15) is 24.5 Å². The number of halogens is 1. The molecular weight excluding hydrogens is 385 g/mol. The first kappa shape index (κ1) is 22.0. The molecule has 2 aromatic rings. The third-order valence-electron chi connectivity index (χ3n) is 5.17. The highest BCUT2D eigenvalue weighted by Crippen LogP contribution is 2.22. The number of carboxylic acid groups (broad SMARTS) is 1. The first-order valence-corrected chi connectivity index (χ1v) is 10.3. The topological polar surface area (TPSA) is 59.0 Å². The molecule has 1 aliphatic heterocycles. The zero-order valence-corrected chi connectivity index (χ0v) is 17.2. The summed E-state index contributed by atoms with van der Waals surface area (Å²) in [7, 11) is 0. The van der Waals surface area contributed by atoms with Crippen molar-refractivity contribution in [1.82, 2.24) is 4.90 Å². The summed E-state index contributed by atoms with van der Waals surface area (Å²) < 4.78 is 24.2. The fraction of sp³-hybridized carbons (Fsp3) is 0.375. The lowest BCUT2D eigenvalue weighted by atomic mass is 9.99. The molecule has 0 aromatic heterocycles. The van der Waals surface area contributed by atoms with Gasteiger partial charge < -0.3 is 14.6 Å². The van der Waals surface area contributed by atoms with Crippen LogP contribution in [0, 0.1) is 5.82 Å². The summed E-state index contributed by atoms with van der Waals surface area (Å²) in [6.45, 7) is 5.35. The van der Waals surface area contributed by atoms with E-state index in [9.17, 15) is 14.3 Å². The van der Waals surface area contributed by atoms with Gasteiger partial charge >= 0.3 is 5.97 Å². The van der Waals surface area contributed by atoms with E-state index in [1.54, 1.807) is 6.92 Å². The van der Waals surface area contributed by atoms with Gasteiger partial charge in [-0.15, -0.1) is 0 Å². The Morgan fingerprint density at radius 2 is 1.90 bits per heavy atom. The van der Waals surface area contributed by atoms with Crippen LogP contribution in [-0.4, -0.2) is 54.9 Å². The van der Waals surface area contributed by atoms with E-state index >= 15 is 0 Å². The predicted molar refractivity (Wildman–Crippen MR) is 114 cm³/mol. The molecule has 160 valence electrons. The highest BCUT2D eigenvalue weighted by molar-refractivity contribution is 5.72. The Morgan fingerprint density at radius 1 is 1.17 bits per heavy atom. The molecule has 1 N–H and O–H groups in total. The minimum Gasteiger partial charge on any atom is -0.492 e. The van der Waals surface area contributed by atoms with Crippen LogP contribution >= 0.6 is 0 Å².